The van der Waals surface area contributed by atoms with Crippen LogP contribution in [0, 0.1) is 0 Å². The van der Waals surface area contributed by atoms with Gasteiger partial charge in [0.25, 0.3) is 0 Å². The van der Waals surface area contributed by atoms with Crippen LogP contribution < -0.4 is 0 Å². The van der Waals surface area contributed by atoms with Crippen LogP contribution in [0.2, 0.25) is 0 Å². The second-order valence-corrected chi connectivity index (χ2v) is 8.94. The molecular formula is C20H22Br2O2. The molecule has 24 heavy (non-hydrogen) atoms. The highest BCUT2D eigenvalue weighted by Crippen LogP contribution is 2.50. The average Bonchev–Trinajstić information content (AvgIpc) is 2.58. The molecule has 3 aliphatic rings. The summed E-state index contributed by atoms with van der Waals surface area (Å²) in [6.45, 7) is 0. The fourth-order valence-corrected chi connectivity index (χ4v) is 5.66. The Morgan fingerprint density at radius 1 is 0.958 bits per heavy atom. The SMILES string of the molecule is Oc1c(Br)cc2c(c1[C@H]1C3=C(C=C(Br)C1O)CCCC3)CCCC2. The zero-order chi connectivity index (χ0) is 16.8. The average molecular weight is 454 g/mol. The minimum Gasteiger partial charge on any atom is -0.506 e. The van der Waals surface area contributed by atoms with Crippen LogP contribution in [0.1, 0.15) is 61.1 Å². The van der Waals surface area contributed by atoms with Crippen molar-refractivity contribution in [2.75, 3.05) is 0 Å². The van der Waals surface area contributed by atoms with Crippen LogP contribution in [-0.2, 0) is 12.8 Å². The number of benzene rings is 1. The lowest BCUT2D eigenvalue weighted by Gasteiger charge is -2.36. The van der Waals surface area contributed by atoms with E-state index in [4.69, 9.17) is 0 Å². The van der Waals surface area contributed by atoms with Crippen molar-refractivity contribution in [1.82, 2.24) is 0 Å². The lowest BCUT2D eigenvalue weighted by atomic mass is 9.71. The number of aromatic hydroxyl groups is 1. The first kappa shape index (κ1) is 16.9. The van der Waals surface area contributed by atoms with Crippen molar-refractivity contribution in [2.24, 2.45) is 0 Å². The van der Waals surface area contributed by atoms with E-state index in [0.29, 0.717) is 5.75 Å². The van der Waals surface area contributed by atoms with Crippen LogP contribution in [0.15, 0.2) is 32.2 Å². The summed E-state index contributed by atoms with van der Waals surface area (Å²) in [4.78, 5) is 0. The first-order chi connectivity index (χ1) is 11.6. The summed E-state index contributed by atoms with van der Waals surface area (Å²) in [6, 6.07) is 2.07. The number of aliphatic hydroxyl groups excluding tert-OH is 1. The Morgan fingerprint density at radius 2 is 1.67 bits per heavy atom. The normalized spacial score (nSPS) is 26.7. The fourth-order valence-electron chi connectivity index (χ4n) is 4.63. The maximum atomic E-state index is 11.0. The summed E-state index contributed by atoms with van der Waals surface area (Å²) in [5, 5.41) is 21.9. The van der Waals surface area contributed by atoms with Gasteiger partial charge in [0, 0.05) is 16.0 Å². The number of phenols is 1. The molecule has 1 aromatic carbocycles. The molecule has 2 N–H and O–H groups in total. The lowest BCUT2D eigenvalue weighted by molar-refractivity contribution is 0.192. The van der Waals surface area contributed by atoms with Crippen molar-refractivity contribution in [3.05, 3.63) is 48.9 Å². The number of aryl methyl sites for hydroxylation is 1. The number of phenolic OH excluding ortho intramolecular Hbond substituents is 1. The highest BCUT2D eigenvalue weighted by Gasteiger charge is 2.37. The minimum absolute atomic E-state index is 0.121. The molecule has 1 aromatic rings. The smallest absolute Gasteiger partial charge is 0.133 e. The van der Waals surface area contributed by atoms with Crippen LogP contribution in [0.25, 0.3) is 0 Å². The second kappa shape index (κ2) is 6.62. The third-order valence-corrected chi connectivity index (χ3v) is 7.07. The minimum atomic E-state index is -0.604. The van der Waals surface area contributed by atoms with Crippen molar-refractivity contribution in [3.63, 3.8) is 0 Å². The van der Waals surface area contributed by atoms with Gasteiger partial charge in [-0.3, -0.25) is 0 Å². The Balaban J connectivity index is 1.93. The molecule has 0 fully saturated rings. The number of hydrogen-bond acceptors (Lipinski definition) is 2. The van der Waals surface area contributed by atoms with Gasteiger partial charge in [0.15, 0.2) is 0 Å². The van der Waals surface area contributed by atoms with Crippen molar-refractivity contribution in [1.29, 1.82) is 0 Å². The molecule has 2 nitrogen and oxygen atoms in total. The zero-order valence-corrected chi connectivity index (χ0v) is 16.8. The van der Waals surface area contributed by atoms with Gasteiger partial charge in [0.1, 0.15) is 5.75 Å². The molecule has 0 saturated heterocycles. The molecule has 0 aromatic heterocycles. The summed E-state index contributed by atoms with van der Waals surface area (Å²) < 4.78 is 1.60. The lowest BCUT2D eigenvalue weighted by Crippen LogP contribution is -2.28. The maximum absolute atomic E-state index is 11.0. The van der Waals surface area contributed by atoms with Crippen LogP contribution in [0.5, 0.6) is 5.75 Å². The van der Waals surface area contributed by atoms with Crippen molar-refractivity contribution in [2.45, 2.75) is 63.4 Å². The van der Waals surface area contributed by atoms with Gasteiger partial charge in [0.2, 0.25) is 0 Å². The number of allylic oxidation sites excluding steroid dienone is 2. The van der Waals surface area contributed by atoms with E-state index >= 15 is 0 Å². The molecule has 0 bridgehead atoms. The highest BCUT2D eigenvalue weighted by molar-refractivity contribution is 9.11. The van der Waals surface area contributed by atoms with Gasteiger partial charge in [-0.15, -0.1) is 0 Å². The summed E-state index contributed by atoms with van der Waals surface area (Å²) in [5.41, 5.74) is 6.25. The Labute approximate surface area is 159 Å². The fraction of sp³-hybridized carbons (Fsp3) is 0.500. The molecular weight excluding hydrogens is 432 g/mol. The standard InChI is InChI=1S/C20H22Br2O2/c21-15-9-11-5-1-3-7-13(11)17(19(15)23)18-14-8-4-2-6-12(14)10-16(22)20(18)24/h9-10,17,19,23-24H,1-8H2/t17-,19?/m1/s1. The van der Waals surface area contributed by atoms with Gasteiger partial charge in [-0.05, 0) is 96.1 Å². The summed E-state index contributed by atoms with van der Waals surface area (Å²) in [7, 11) is 0. The molecule has 4 rings (SSSR count). The van der Waals surface area contributed by atoms with Crippen molar-refractivity contribution in [3.8, 4) is 5.75 Å². The van der Waals surface area contributed by atoms with E-state index in [0.717, 1.165) is 46.6 Å². The molecule has 0 aliphatic heterocycles. The molecule has 0 spiro atoms. The topological polar surface area (TPSA) is 40.5 Å². The second-order valence-electron chi connectivity index (χ2n) is 7.17. The predicted molar refractivity (Wildman–Crippen MR) is 104 cm³/mol. The molecule has 0 heterocycles. The van der Waals surface area contributed by atoms with E-state index in [1.165, 1.54) is 41.5 Å². The van der Waals surface area contributed by atoms with Gasteiger partial charge in [-0.1, -0.05) is 21.5 Å². The Bertz CT molecular complexity index is 748. The number of aliphatic hydroxyl groups is 1. The van der Waals surface area contributed by atoms with Gasteiger partial charge in [-0.25, -0.2) is 0 Å². The molecule has 4 heteroatoms. The van der Waals surface area contributed by atoms with E-state index in [1.54, 1.807) is 0 Å². The highest BCUT2D eigenvalue weighted by atomic mass is 79.9. The van der Waals surface area contributed by atoms with Crippen LogP contribution in [0.3, 0.4) is 0 Å². The molecule has 0 radical (unpaired) electrons. The molecule has 0 saturated carbocycles. The van der Waals surface area contributed by atoms with E-state index in [2.05, 4.69) is 44.0 Å². The summed E-state index contributed by atoms with van der Waals surface area (Å²) in [6.07, 6.45) is 10.4. The molecule has 1 unspecified atom stereocenters. The third-order valence-electron chi connectivity index (χ3n) is 5.77. The van der Waals surface area contributed by atoms with Crippen LogP contribution >= 0.6 is 31.9 Å². The predicted octanol–water partition coefficient (Wildman–Crippen LogP) is 5.64. The first-order valence-corrected chi connectivity index (χ1v) is 10.5. The largest absolute Gasteiger partial charge is 0.506 e. The van der Waals surface area contributed by atoms with Gasteiger partial charge < -0.3 is 10.2 Å². The van der Waals surface area contributed by atoms with E-state index in [9.17, 15) is 10.2 Å². The van der Waals surface area contributed by atoms with Crippen molar-refractivity contribution < 1.29 is 10.2 Å². The Morgan fingerprint density at radius 3 is 2.50 bits per heavy atom. The van der Waals surface area contributed by atoms with E-state index < -0.39 is 6.10 Å². The summed E-state index contributed by atoms with van der Waals surface area (Å²) >= 11 is 7.12. The molecule has 0 amide bonds. The van der Waals surface area contributed by atoms with E-state index in [-0.39, 0.29) is 5.92 Å². The number of fused-ring (bicyclic) bond motifs is 1. The van der Waals surface area contributed by atoms with Crippen LogP contribution in [-0.4, -0.2) is 16.3 Å². The first-order valence-electron chi connectivity index (χ1n) is 8.88. The monoisotopic (exact) mass is 452 g/mol. The third kappa shape index (κ3) is 2.71. The number of halogens is 2. The van der Waals surface area contributed by atoms with Gasteiger partial charge in [0.05, 0.1) is 10.6 Å². The number of rotatable bonds is 1. The van der Waals surface area contributed by atoms with Gasteiger partial charge in [-0.2, -0.15) is 0 Å². The molecule has 128 valence electrons. The van der Waals surface area contributed by atoms with E-state index in [1.807, 2.05) is 0 Å². The van der Waals surface area contributed by atoms with Crippen molar-refractivity contribution >= 4 is 31.9 Å². The maximum Gasteiger partial charge on any atom is 0.133 e. The quantitative estimate of drug-likeness (QED) is 0.577. The Hall–Kier alpha value is -0.580. The zero-order valence-electron chi connectivity index (χ0n) is 13.6. The number of hydrogen-bond donors (Lipinski definition) is 2. The van der Waals surface area contributed by atoms with Crippen LogP contribution in [0.4, 0.5) is 0 Å². The Kier molecular flexibility index (Phi) is 4.65. The van der Waals surface area contributed by atoms with Gasteiger partial charge >= 0.3 is 0 Å². The molecule has 3 aliphatic carbocycles. The molecule has 2 atom stereocenters. The summed E-state index contributed by atoms with van der Waals surface area (Å²) in [5.74, 6) is 0.198.